The van der Waals surface area contributed by atoms with Gasteiger partial charge in [-0.3, -0.25) is 23.9 Å². The second kappa shape index (κ2) is 8.78. The van der Waals surface area contributed by atoms with Gasteiger partial charge in [0.25, 0.3) is 5.56 Å². The predicted octanol–water partition coefficient (Wildman–Crippen LogP) is 1.87. The van der Waals surface area contributed by atoms with Crippen LogP contribution in [0.1, 0.15) is 18.4 Å². The Bertz CT molecular complexity index is 1200. The number of hydrogen-bond acceptors (Lipinski definition) is 5. The molecule has 0 saturated carbocycles. The van der Waals surface area contributed by atoms with Crippen LogP contribution in [0.3, 0.4) is 0 Å². The summed E-state index contributed by atoms with van der Waals surface area (Å²) in [5.74, 6) is -0.521. The van der Waals surface area contributed by atoms with Crippen LogP contribution in [0.2, 0.25) is 0 Å². The summed E-state index contributed by atoms with van der Waals surface area (Å²) in [5.41, 5.74) is 1.72. The molecule has 2 N–H and O–H groups in total. The predicted molar refractivity (Wildman–Crippen MR) is 114 cm³/mol. The Kier molecular flexibility index (Phi) is 5.74. The molecule has 31 heavy (non-hydrogen) atoms. The fourth-order valence-corrected chi connectivity index (χ4v) is 3.45. The summed E-state index contributed by atoms with van der Waals surface area (Å²) in [6, 6.07) is 13.7. The van der Waals surface area contributed by atoms with E-state index in [0.717, 1.165) is 4.90 Å². The quantitative estimate of drug-likeness (QED) is 0.568. The fourth-order valence-electron chi connectivity index (χ4n) is 3.45. The number of amides is 4. The number of benzene rings is 2. The Morgan fingerprint density at radius 3 is 2.65 bits per heavy atom. The van der Waals surface area contributed by atoms with Crippen LogP contribution in [0, 0.1) is 0 Å². The number of aromatic nitrogens is 2. The zero-order valence-electron chi connectivity index (χ0n) is 16.7. The lowest BCUT2D eigenvalue weighted by molar-refractivity contribution is -0.125. The molecule has 158 valence electrons. The molecule has 1 aliphatic heterocycles. The molecule has 1 aromatic heterocycles. The minimum Gasteiger partial charge on any atom is -0.329 e. The van der Waals surface area contributed by atoms with Crippen molar-refractivity contribution in [3.05, 3.63) is 70.8 Å². The lowest BCUT2D eigenvalue weighted by atomic mass is 10.1. The summed E-state index contributed by atoms with van der Waals surface area (Å²) in [5, 5.41) is 5.85. The van der Waals surface area contributed by atoms with Crippen LogP contribution in [-0.2, 0) is 22.7 Å². The van der Waals surface area contributed by atoms with Crippen molar-refractivity contribution in [1.82, 2.24) is 19.8 Å². The molecule has 4 rings (SSSR count). The van der Waals surface area contributed by atoms with E-state index in [0.29, 0.717) is 35.1 Å². The summed E-state index contributed by atoms with van der Waals surface area (Å²) in [4.78, 5) is 54.0. The van der Waals surface area contributed by atoms with Gasteiger partial charge in [-0.25, -0.2) is 9.78 Å². The molecule has 0 unspecified atom stereocenters. The first kappa shape index (κ1) is 20.3. The third-order valence-corrected chi connectivity index (χ3v) is 5.09. The number of fused-ring (bicyclic) bond motifs is 1. The lowest BCUT2D eigenvalue weighted by Crippen LogP contribution is -2.30. The number of aryl methyl sites for hydroxylation is 1. The van der Waals surface area contributed by atoms with Gasteiger partial charge in [0, 0.05) is 18.7 Å². The van der Waals surface area contributed by atoms with E-state index >= 15 is 0 Å². The normalized spacial score (nSPS) is 13.5. The number of urea groups is 1. The zero-order valence-corrected chi connectivity index (χ0v) is 16.7. The van der Waals surface area contributed by atoms with Crippen LogP contribution in [0.25, 0.3) is 10.9 Å². The first-order chi connectivity index (χ1) is 15.0. The molecule has 0 spiro atoms. The number of rotatable bonds is 7. The number of hydrogen-bond donors (Lipinski definition) is 2. The van der Waals surface area contributed by atoms with Gasteiger partial charge >= 0.3 is 6.03 Å². The van der Waals surface area contributed by atoms with Gasteiger partial charge in [-0.05, 0) is 30.2 Å². The SMILES string of the molecule is O=C(CCCn1cnc2ccccc2c1=O)Nc1ccccc1CN1C(=O)CNC1=O. The van der Waals surface area contributed by atoms with Crippen LogP contribution >= 0.6 is 0 Å². The van der Waals surface area contributed by atoms with E-state index in [4.69, 9.17) is 0 Å². The molecule has 0 bridgehead atoms. The smallest absolute Gasteiger partial charge is 0.324 e. The first-order valence-corrected chi connectivity index (χ1v) is 9.93. The summed E-state index contributed by atoms with van der Waals surface area (Å²) in [6.07, 6.45) is 2.16. The van der Waals surface area contributed by atoms with Gasteiger partial charge in [-0.15, -0.1) is 0 Å². The van der Waals surface area contributed by atoms with Gasteiger partial charge in [0.1, 0.15) is 0 Å². The van der Waals surface area contributed by atoms with Crippen LogP contribution < -0.4 is 16.2 Å². The molecule has 2 heterocycles. The summed E-state index contributed by atoms with van der Waals surface area (Å²) < 4.78 is 1.50. The van der Waals surface area contributed by atoms with Gasteiger partial charge < -0.3 is 10.6 Å². The molecular weight excluding hydrogens is 398 g/mol. The van der Waals surface area contributed by atoms with Crippen molar-refractivity contribution in [3.63, 3.8) is 0 Å². The summed E-state index contributed by atoms with van der Waals surface area (Å²) in [6.45, 7) is 0.434. The minimum absolute atomic E-state index is 0.0175. The minimum atomic E-state index is -0.444. The summed E-state index contributed by atoms with van der Waals surface area (Å²) in [7, 11) is 0. The van der Waals surface area contributed by atoms with E-state index in [2.05, 4.69) is 15.6 Å². The van der Waals surface area contributed by atoms with E-state index in [1.165, 1.54) is 10.9 Å². The van der Waals surface area contributed by atoms with Crippen LogP contribution in [0.5, 0.6) is 0 Å². The molecule has 1 fully saturated rings. The van der Waals surface area contributed by atoms with E-state index in [9.17, 15) is 19.2 Å². The number of para-hydroxylation sites is 2. The topological polar surface area (TPSA) is 113 Å². The molecule has 0 aliphatic carbocycles. The number of carbonyl (C=O) groups excluding carboxylic acids is 3. The Hall–Kier alpha value is -4.01. The van der Waals surface area contributed by atoms with Crippen molar-refractivity contribution in [3.8, 4) is 0 Å². The van der Waals surface area contributed by atoms with Crippen molar-refractivity contribution in [1.29, 1.82) is 0 Å². The molecule has 4 amide bonds. The molecule has 0 radical (unpaired) electrons. The second-order valence-electron chi connectivity index (χ2n) is 7.21. The average Bonchev–Trinajstić information content (AvgIpc) is 3.09. The number of imide groups is 1. The van der Waals surface area contributed by atoms with Gasteiger partial charge in [0.05, 0.1) is 30.3 Å². The highest BCUT2D eigenvalue weighted by Crippen LogP contribution is 2.19. The Morgan fingerprint density at radius 1 is 1.06 bits per heavy atom. The Morgan fingerprint density at radius 2 is 1.84 bits per heavy atom. The van der Waals surface area contributed by atoms with Crippen molar-refractivity contribution in [2.75, 3.05) is 11.9 Å². The molecule has 1 saturated heterocycles. The highest BCUT2D eigenvalue weighted by Gasteiger charge is 2.28. The molecule has 0 atom stereocenters. The van der Waals surface area contributed by atoms with E-state index in [-0.39, 0.29) is 36.9 Å². The van der Waals surface area contributed by atoms with E-state index in [1.807, 2.05) is 6.07 Å². The second-order valence-corrected chi connectivity index (χ2v) is 7.21. The molecule has 9 nitrogen and oxygen atoms in total. The van der Waals surface area contributed by atoms with Gasteiger partial charge in [-0.2, -0.15) is 0 Å². The van der Waals surface area contributed by atoms with Crippen LogP contribution in [0.4, 0.5) is 10.5 Å². The monoisotopic (exact) mass is 419 g/mol. The van der Waals surface area contributed by atoms with Gasteiger partial charge in [0.2, 0.25) is 11.8 Å². The third-order valence-electron chi connectivity index (χ3n) is 5.09. The third kappa shape index (κ3) is 4.45. The molecule has 9 heteroatoms. The van der Waals surface area contributed by atoms with Crippen molar-refractivity contribution >= 4 is 34.4 Å². The van der Waals surface area contributed by atoms with Gasteiger partial charge in [0.15, 0.2) is 0 Å². The zero-order chi connectivity index (χ0) is 21.8. The first-order valence-electron chi connectivity index (χ1n) is 9.93. The molecular formula is C22H21N5O4. The van der Waals surface area contributed by atoms with Crippen molar-refractivity contribution in [2.45, 2.75) is 25.9 Å². The number of nitrogens with zero attached hydrogens (tertiary/aromatic N) is 3. The largest absolute Gasteiger partial charge is 0.329 e. The maximum atomic E-state index is 12.5. The Labute approximate surface area is 177 Å². The maximum absolute atomic E-state index is 12.5. The average molecular weight is 419 g/mol. The molecule has 3 aromatic rings. The standard InChI is InChI=1S/C22H21N5O4/c28-19(10-5-11-26-14-24-18-9-4-2-7-16(18)21(26)30)25-17-8-3-1-6-15(17)13-27-20(29)12-23-22(27)31/h1-4,6-9,14H,5,10-13H2,(H,23,31)(H,25,28). The highest BCUT2D eigenvalue weighted by atomic mass is 16.2. The number of anilines is 1. The number of nitrogens with one attached hydrogen (secondary N) is 2. The van der Waals surface area contributed by atoms with Gasteiger partial charge in [-0.1, -0.05) is 30.3 Å². The van der Waals surface area contributed by atoms with E-state index < -0.39 is 6.03 Å². The Balaban J connectivity index is 1.37. The van der Waals surface area contributed by atoms with Crippen LogP contribution in [0.15, 0.2) is 59.7 Å². The maximum Gasteiger partial charge on any atom is 0.324 e. The van der Waals surface area contributed by atoms with E-state index in [1.54, 1.807) is 42.5 Å². The fraction of sp³-hybridized carbons (Fsp3) is 0.227. The molecule has 1 aliphatic rings. The highest BCUT2D eigenvalue weighted by molar-refractivity contribution is 6.02. The summed E-state index contributed by atoms with van der Waals surface area (Å²) >= 11 is 0. The van der Waals surface area contributed by atoms with Crippen molar-refractivity contribution < 1.29 is 14.4 Å². The van der Waals surface area contributed by atoms with Crippen LogP contribution in [-0.4, -0.2) is 38.8 Å². The van der Waals surface area contributed by atoms with Crippen molar-refractivity contribution in [2.24, 2.45) is 0 Å². The number of carbonyl (C=O) groups is 3. The molecule has 2 aromatic carbocycles. The lowest BCUT2D eigenvalue weighted by Gasteiger charge is -2.16.